The summed E-state index contributed by atoms with van der Waals surface area (Å²) < 4.78 is 5.43. The first-order valence-corrected chi connectivity index (χ1v) is 4.79. The smallest absolute Gasteiger partial charge is 0.166 e. The van der Waals surface area contributed by atoms with Gasteiger partial charge in [-0.05, 0) is 30.7 Å². The van der Waals surface area contributed by atoms with E-state index in [1.165, 1.54) is 0 Å². The van der Waals surface area contributed by atoms with Crippen molar-refractivity contribution in [3.05, 3.63) is 29.8 Å². The second kappa shape index (κ2) is 5.87. The number of nitrogens with two attached hydrogens (primary N) is 2. The molecule has 0 unspecified atom stereocenters. The SMILES string of the molecule is CCCOc1ccc(/C(=N/N)NN)cc1. The van der Waals surface area contributed by atoms with E-state index in [1.807, 2.05) is 24.3 Å². The lowest BCUT2D eigenvalue weighted by molar-refractivity contribution is 0.317. The van der Waals surface area contributed by atoms with Gasteiger partial charge in [0.2, 0.25) is 0 Å². The van der Waals surface area contributed by atoms with E-state index in [0.717, 1.165) is 17.7 Å². The third-order valence-electron chi connectivity index (χ3n) is 1.87. The number of hydrogen-bond acceptors (Lipinski definition) is 4. The van der Waals surface area contributed by atoms with Crippen molar-refractivity contribution in [3.8, 4) is 5.75 Å². The van der Waals surface area contributed by atoms with Crippen molar-refractivity contribution in [2.45, 2.75) is 13.3 Å². The van der Waals surface area contributed by atoms with Crippen LogP contribution in [0.25, 0.3) is 0 Å². The fourth-order valence-electron chi connectivity index (χ4n) is 1.12. The Labute approximate surface area is 89.1 Å². The average Bonchev–Trinajstić information content (AvgIpc) is 2.29. The molecule has 15 heavy (non-hydrogen) atoms. The highest BCUT2D eigenvalue weighted by Gasteiger charge is 2.00. The zero-order valence-electron chi connectivity index (χ0n) is 8.73. The normalized spacial score (nSPS) is 11.2. The monoisotopic (exact) mass is 208 g/mol. The molecule has 5 N–H and O–H groups in total. The Hall–Kier alpha value is -1.75. The van der Waals surface area contributed by atoms with E-state index in [1.54, 1.807) is 0 Å². The van der Waals surface area contributed by atoms with Crippen molar-refractivity contribution < 1.29 is 4.74 Å². The van der Waals surface area contributed by atoms with Crippen molar-refractivity contribution in [1.29, 1.82) is 0 Å². The molecule has 0 bridgehead atoms. The maximum absolute atomic E-state index is 5.43. The standard InChI is InChI=1S/C10H16N4O/c1-2-7-15-9-5-3-8(4-6-9)10(13-11)14-12/h3-6H,2,7,11-12H2,1H3,(H,13,14). The number of amidine groups is 1. The maximum atomic E-state index is 5.43. The van der Waals surface area contributed by atoms with Gasteiger partial charge in [0.15, 0.2) is 5.84 Å². The van der Waals surface area contributed by atoms with Gasteiger partial charge >= 0.3 is 0 Å². The lowest BCUT2D eigenvalue weighted by atomic mass is 10.2. The Morgan fingerprint density at radius 3 is 2.53 bits per heavy atom. The number of hydrogen-bond donors (Lipinski definition) is 3. The van der Waals surface area contributed by atoms with Crippen LogP contribution in [-0.2, 0) is 0 Å². The Morgan fingerprint density at radius 1 is 1.40 bits per heavy atom. The molecule has 1 aromatic rings. The van der Waals surface area contributed by atoms with Crippen LogP contribution in [-0.4, -0.2) is 12.4 Å². The van der Waals surface area contributed by atoms with Crippen LogP contribution in [0.15, 0.2) is 29.4 Å². The van der Waals surface area contributed by atoms with Crippen LogP contribution in [0.5, 0.6) is 5.75 Å². The van der Waals surface area contributed by atoms with Gasteiger partial charge in [0.25, 0.3) is 0 Å². The molecule has 0 spiro atoms. The van der Waals surface area contributed by atoms with E-state index in [4.69, 9.17) is 16.4 Å². The molecule has 5 nitrogen and oxygen atoms in total. The molecule has 0 aromatic heterocycles. The van der Waals surface area contributed by atoms with Crippen LogP contribution < -0.4 is 21.8 Å². The fraction of sp³-hybridized carbons (Fsp3) is 0.300. The average molecular weight is 208 g/mol. The van der Waals surface area contributed by atoms with E-state index in [-0.39, 0.29) is 0 Å². The van der Waals surface area contributed by atoms with Gasteiger partial charge in [0.1, 0.15) is 5.75 Å². The van der Waals surface area contributed by atoms with Gasteiger partial charge in [-0.3, -0.25) is 0 Å². The molecule has 1 aromatic carbocycles. The summed E-state index contributed by atoms with van der Waals surface area (Å²) in [5.74, 6) is 11.7. The maximum Gasteiger partial charge on any atom is 0.166 e. The second-order valence-electron chi connectivity index (χ2n) is 2.99. The van der Waals surface area contributed by atoms with Crippen LogP contribution in [0.2, 0.25) is 0 Å². The van der Waals surface area contributed by atoms with Gasteiger partial charge in [0, 0.05) is 5.56 Å². The zero-order valence-corrected chi connectivity index (χ0v) is 8.73. The zero-order chi connectivity index (χ0) is 11.1. The van der Waals surface area contributed by atoms with Crippen molar-refractivity contribution in [1.82, 2.24) is 5.43 Å². The summed E-state index contributed by atoms with van der Waals surface area (Å²) in [5.41, 5.74) is 3.24. The van der Waals surface area contributed by atoms with E-state index in [0.29, 0.717) is 12.4 Å². The Bertz CT molecular complexity index is 321. The highest BCUT2D eigenvalue weighted by atomic mass is 16.5. The first-order valence-electron chi connectivity index (χ1n) is 4.79. The van der Waals surface area contributed by atoms with E-state index in [2.05, 4.69) is 17.5 Å². The summed E-state index contributed by atoms with van der Waals surface area (Å²) in [6.07, 6.45) is 0.988. The topological polar surface area (TPSA) is 85.7 Å². The minimum Gasteiger partial charge on any atom is -0.494 e. The number of benzene rings is 1. The molecule has 0 aliphatic rings. The lowest BCUT2D eigenvalue weighted by Crippen LogP contribution is -2.31. The van der Waals surface area contributed by atoms with Gasteiger partial charge in [0.05, 0.1) is 6.61 Å². The molecule has 0 atom stereocenters. The predicted octanol–water partition coefficient (Wildman–Crippen LogP) is 0.559. The lowest BCUT2D eigenvalue weighted by Gasteiger charge is -2.06. The minimum atomic E-state index is 0.442. The fourth-order valence-corrected chi connectivity index (χ4v) is 1.12. The molecular weight excluding hydrogens is 192 g/mol. The molecule has 1 rings (SSSR count). The molecule has 0 saturated carbocycles. The second-order valence-corrected chi connectivity index (χ2v) is 2.99. The largest absolute Gasteiger partial charge is 0.494 e. The number of rotatable bonds is 4. The minimum absolute atomic E-state index is 0.442. The first-order chi connectivity index (χ1) is 7.31. The summed E-state index contributed by atoms with van der Waals surface area (Å²) in [5, 5.41) is 3.51. The molecule has 0 heterocycles. The van der Waals surface area contributed by atoms with Gasteiger partial charge in [-0.2, -0.15) is 5.10 Å². The number of hydrazine groups is 1. The molecule has 0 amide bonds. The van der Waals surface area contributed by atoms with E-state index in [9.17, 15) is 0 Å². The van der Waals surface area contributed by atoms with Gasteiger partial charge < -0.3 is 16.0 Å². The molecule has 0 saturated heterocycles. The molecular formula is C10H16N4O. The molecule has 82 valence electrons. The molecule has 5 heteroatoms. The van der Waals surface area contributed by atoms with Gasteiger partial charge in [-0.1, -0.05) is 6.92 Å². The Balaban J connectivity index is 2.71. The summed E-state index contributed by atoms with van der Waals surface area (Å²) in [4.78, 5) is 0. The predicted molar refractivity (Wildman–Crippen MR) is 60.3 cm³/mol. The van der Waals surface area contributed by atoms with E-state index >= 15 is 0 Å². The summed E-state index contributed by atoms with van der Waals surface area (Å²) in [7, 11) is 0. The van der Waals surface area contributed by atoms with E-state index < -0.39 is 0 Å². The summed E-state index contributed by atoms with van der Waals surface area (Å²) in [6, 6.07) is 7.40. The molecule has 0 fully saturated rings. The Kier molecular flexibility index (Phi) is 4.43. The highest BCUT2D eigenvalue weighted by molar-refractivity contribution is 5.98. The van der Waals surface area contributed by atoms with Crippen molar-refractivity contribution in [2.75, 3.05) is 6.61 Å². The highest BCUT2D eigenvalue weighted by Crippen LogP contribution is 2.12. The third kappa shape index (κ3) is 3.14. The first kappa shape index (κ1) is 11.3. The van der Waals surface area contributed by atoms with Crippen LogP contribution in [0.4, 0.5) is 0 Å². The molecule has 0 radical (unpaired) electrons. The summed E-state index contributed by atoms with van der Waals surface area (Å²) >= 11 is 0. The van der Waals surface area contributed by atoms with Crippen molar-refractivity contribution >= 4 is 5.84 Å². The van der Waals surface area contributed by atoms with Crippen LogP contribution >= 0.6 is 0 Å². The van der Waals surface area contributed by atoms with Gasteiger partial charge in [-0.25, -0.2) is 5.84 Å². The molecule has 0 aliphatic heterocycles. The van der Waals surface area contributed by atoms with Crippen molar-refractivity contribution in [2.24, 2.45) is 16.8 Å². The molecule has 0 aliphatic carbocycles. The van der Waals surface area contributed by atoms with Crippen LogP contribution in [0.1, 0.15) is 18.9 Å². The number of nitrogens with zero attached hydrogens (tertiary/aromatic N) is 1. The quantitative estimate of drug-likeness (QED) is 0.292. The number of hydrazone groups is 1. The van der Waals surface area contributed by atoms with Crippen LogP contribution in [0, 0.1) is 0 Å². The van der Waals surface area contributed by atoms with Gasteiger partial charge in [-0.15, -0.1) is 0 Å². The number of ether oxygens (including phenoxy) is 1. The summed E-state index contributed by atoms with van der Waals surface area (Å²) in [6.45, 7) is 2.78. The Morgan fingerprint density at radius 2 is 2.07 bits per heavy atom. The number of nitrogens with one attached hydrogen (secondary N) is 1. The van der Waals surface area contributed by atoms with Crippen LogP contribution in [0.3, 0.4) is 0 Å². The van der Waals surface area contributed by atoms with Crippen molar-refractivity contribution in [3.63, 3.8) is 0 Å². The third-order valence-corrected chi connectivity index (χ3v) is 1.87.